The van der Waals surface area contributed by atoms with E-state index in [4.69, 9.17) is 0 Å². The van der Waals surface area contributed by atoms with E-state index in [0.717, 1.165) is 43.1 Å². The molecule has 5 nitrogen and oxygen atoms in total. The molecule has 1 aliphatic heterocycles. The number of anilines is 1. The third kappa shape index (κ3) is 3.13. The van der Waals surface area contributed by atoms with E-state index in [-0.39, 0.29) is 0 Å². The predicted molar refractivity (Wildman–Crippen MR) is 80.8 cm³/mol. The molecule has 1 saturated heterocycles. The van der Waals surface area contributed by atoms with Crippen molar-refractivity contribution in [1.82, 2.24) is 15.1 Å². The van der Waals surface area contributed by atoms with Crippen LogP contribution < -0.4 is 10.2 Å². The molecule has 0 radical (unpaired) electrons. The minimum atomic E-state index is 0.525. The van der Waals surface area contributed by atoms with Crippen molar-refractivity contribution in [2.24, 2.45) is 7.05 Å². The van der Waals surface area contributed by atoms with E-state index in [1.165, 1.54) is 19.3 Å². The Morgan fingerprint density at radius 3 is 2.90 bits per heavy atom. The molecule has 20 heavy (non-hydrogen) atoms. The van der Waals surface area contributed by atoms with Gasteiger partial charge in [0.1, 0.15) is 17.5 Å². The van der Waals surface area contributed by atoms with Crippen LogP contribution in [0.25, 0.3) is 0 Å². The first kappa shape index (κ1) is 14.9. The molecule has 0 aliphatic carbocycles. The lowest BCUT2D eigenvalue weighted by molar-refractivity contribution is 0.397. The highest BCUT2D eigenvalue weighted by atomic mass is 15.4. The van der Waals surface area contributed by atoms with Gasteiger partial charge in [-0.05, 0) is 32.7 Å². The van der Waals surface area contributed by atoms with Gasteiger partial charge in [-0.2, -0.15) is 10.4 Å². The fourth-order valence-electron chi connectivity index (χ4n) is 3.04. The third-order valence-corrected chi connectivity index (χ3v) is 3.95. The number of nitrogens with one attached hydrogen (secondary N) is 1. The van der Waals surface area contributed by atoms with Crippen LogP contribution >= 0.6 is 0 Å². The van der Waals surface area contributed by atoms with Crippen molar-refractivity contribution >= 4 is 5.82 Å². The van der Waals surface area contributed by atoms with Gasteiger partial charge in [-0.25, -0.2) is 0 Å². The Labute approximate surface area is 121 Å². The van der Waals surface area contributed by atoms with Gasteiger partial charge >= 0.3 is 0 Å². The fraction of sp³-hybridized carbons (Fsp3) is 0.733. The summed E-state index contributed by atoms with van der Waals surface area (Å²) in [5, 5.41) is 17.4. The fourth-order valence-corrected chi connectivity index (χ4v) is 3.04. The molecule has 0 spiro atoms. The summed E-state index contributed by atoms with van der Waals surface area (Å²) in [4.78, 5) is 2.32. The summed E-state index contributed by atoms with van der Waals surface area (Å²) < 4.78 is 1.85. The van der Waals surface area contributed by atoms with Gasteiger partial charge in [0.2, 0.25) is 0 Å². The van der Waals surface area contributed by atoms with E-state index < -0.39 is 0 Å². The van der Waals surface area contributed by atoms with Crippen LogP contribution in [0.1, 0.15) is 43.9 Å². The Morgan fingerprint density at radius 1 is 1.50 bits per heavy atom. The Hall–Kier alpha value is -1.54. The first-order valence-corrected chi connectivity index (χ1v) is 7.59. The maximum Gasteiger partial charge on any atom is 0.145 e. The lowest BCUT2D eigenvalue weighted by atomic mass is 10.0. The molecule has 1 atom stereocenters. The van der Waals surface area contributed by atoms with E-state index in [2.05, 4.69) is 28.3 Å². The van der Waals surface area contributed by atoms with Gasteiger partial charge in [-0.1, -0.05) is 13.3 Å². The van der Waals surface area contributed by atoms with Crippen LogP contribution in [-0.2, 0) is 7.05 Å². The number of piperidine rings is 1. The van der Waals surface area contributed by atoms with E-state index in [1.54, 1.807) is 0 Å². The summed E-state index contributed by atoms with van der Waals surface area (Å²) in [5.74, 6) is 0.972. The van der Waals surface area contributed by atoms with Gasteiger partial charge in [-0.3, -0.25) is 4.68 Å². The molecule has 1 aromatic heterocycles. The zero-order chi connectivity index (χ0) is 14.5. The molecule has 2 rings (SSSR count). The summed E-state index contributed by atoms with van der Waals surface area (Å²) in [5.41, 5.74) is 1.54. The first-order valence-electron chi connectivity index (χ1n) is 7.59. The summed E-state index contributed by atoms with van der Waals surface area (Å²) in [6.07, 6.45) is 4.87. The van der Waals surface area contributed by atoms with E-state index in [1.807, 2.05) is 18.7 Å². The molecule has 2 heterocycles. The topological polar surface area (TPSA) is 56.9 Å². The monoisotopic (exact) mass is 275 g/mol. The summed E-state index contributed by atoms with van der Waals surface area (Å²) in [7, 11) is 1.93. The summed E-state index contributed by atoms with van der Waals surface area (Å²) in [6, 6.07) is 2.84. The normalized spacial score (nSPS) is 18.8. The van der Waals surface area contributed by atoms with Gasteiger partial charge in [-0.15, -0.1) is 0 Å². The molecule has 110 valence electrons. The molecule has 0 amide bonds. The van der Waals surface area contributed by atoms with Crippen molar-refractivity contribution in [3.8, 4) is 6.07 Å². The number of nitrogens with zero attached hydrogens (tertiary/aromatic N) is 4. The zero-order valence-corrected chi connectivity index (χ0v) is 12.8. The standard InChI is InChI=1S/C15H25N5/c1-4-9-20(11-13-7-5-6-8-17-13)15-14(10-16)12(2)18-19(15)3/h13,17H,4-9,11H2,1-3H3. The van der Waals surface area contributed by atoms with Crippen LogP contribution in [0.4, 0.5) is 5.82 Å². The number of hydrogen-bond donors (Lipinski definition) is 1. The van der Waals surface area contributed by atoms with E-state index in [0.29, 0.717) is 6.04 Å². The van der Waals surface area contributed by atoms with Gasteiger partial charge in [0.25, 0.3) is 0 Å². The summed E-state index contributed by atoms with van der Waals surface area (Å²) in [6.45, 7) is 7.12. The smallest absolute Gasteiger partial charge is 0.145 e. The average Bonchev–Trinajstić information content (AvgIpc) is 2.73. The van der Waals surface area contributed by atoms with Crippen molar-refractivity contribution < 1.29 is 0 Å². The molecule has 1 fully saturated rings. The van der Waals surface area contributed by atoms with Gasteiger partial charge in [0.05, 0.1) is 5.69 Å². The average molecular weight is 275 g/mol. The van der Waals surface area contributed by atoms with Crippen LogP contribution in [0.2, 0.25) is 0 Å². The van der Waals surface area contributed by atoms with Crippen LogP contribution in [0.3, 0.4) is 0 Å². The largest absolute Gasteiger partial charge is 0.354 e. The Bertz CT molecular complexity index is 479. The van der Waals surface area contributed by atoms with Gasteiger partial charge in [0.15, 0.2) is 0 Å². The third-order valence-electron chi connectivity index (χ3n) is 3.95. The number of aromatic nitrogens is 2. The van der Waals surface area contributed by atoms with Crippen LogP contribution in [0, 0.1) is 18.3 Å². The molecular weight excluding hydrogens is 250 g/mol. The lowest BCUT2D eigenvalue weighted by Crippen LogP contribution is -2.44. The number of rotatable bonds is 5. The number of nitriles is 1. The molecule has 1 aliphatic rings. The van der Waals surface area contributed by atoms with Crippen LogP contribution in [-0.4, -0.2) is 35.5 Å². The lowest BCUT2D eigenvalue weighted by Gasteiger charge is -2.31. The zero-order valence-electron chi connectivity index (χ0n) is 12.8. The highest BCUT2D eigenvalue weighted by molar-refractivity contribution is 5.57. The second-order valence-electron chi connectivity index (χ2n) is 5.61. The van der Waals surface area contributed by atoms with E-state index >= 15 is 0 Å². The highest BCUT2D eigenvalue weighted by Gasteiger charge is 2.22. The SMILES string of the molecule is CCCN(CC1CCCCN1)c1c(C#N)c(C)nn1C. The van der Waals surface area contributed by atoms with Crippen molar-refractivity contribution in [2.45, 2.75) is 45.6 Å². The van der Waals surface area contributed by atoms with Gasteiger partial charge in [0, 0.05) is 26.2 Å². The molecule has 1 unspecified atom stereocenters. The molecular formula is C15H25N5. The summed E-state index contributed by atoms with van der Waals surface area (Å²) >= 11 is 0. The minimum absolute atomic E-state index is 0.525. The van der Waals surface area contributed by atoms with Gasteiger partial charge < -0.3 is 10.2 Å². The number of aryl methyl sites for hydroxylation is 2. The predicted octanol–water partition coefficient (Wildman–Crippen LogP) is 1.96. The van der Waals surface area contributed by atoms with Crippen LogP contribution in [0.5, 0.6) is 0 Å². The molecule has 1 aromatic rings. The second-order valence-corrected chi connectivity index (χ2v) is 5.61. The second kappa shape index (κ2) is 6.76. The maximum absolute atomic E-state index is 9.39. The van der Waals surface area contributed by atoms with Crippen molar-refractivity contribution in [3.63, 3.8) is 0 Å². The maximum atomic E-state index is 9.39. The molecule has 0 saturated carbocycles. The molecule has 1 N–H and O–H groups in total. The first-order chi connectivity index (χ1) is 9.67. The quantitative estimate of drug-likeness (QED) is 0.892. The minimum Gasteiger partial charge on any atom is -0.354 e. The molecule has 0 aromatic carbocycles. The van der Waals surface area contributed by atoms with Crippen LogP contribution in [0.15, 0.2) is 0 Å². The van der Waals surface area contributed by atoms with Crippen molar-refractivity contribution in [2.75, 3.05) is 24.5 Å². The Morgan fingerprint density at radius 2 is 2.30 bits per heavy atom. The Balaban J connectivity index is 2.21. The molecule has 5 heteroatoms. The molecule has 0 bridgehead atoms. The highest BCUT2D eigenvalue weighted by Crippen LogP contribution is 2.23. The van der Waals surface area contributed by atoms with E-state index in [9.17, 15) is 5.26 Å². The van der Waals surface area contributed by atoms with Crippen molar-refractivity contribution in [3.05, 3.63) is 11.3 Å². The number of hydrogen-bond acceptors (Lipinski definition) is 4. The van der Waals surface area contributed by atoms with Crippen molar-refractivity contribution in [1.29, 1.82) is 5.26 Å². The Kier molecular flexibility index (Phi) is 5.02.